The highest BCUT2D eigenvalue weighted by atomic mass is 16.5. The van der Waals surface area contributed by atoms with Crippen LogP contribution in [0.4, 0.5) is 11.6 Å². The lowest BCUT2D eigenvalue weighted by atomic mass is 10.1. The number of nitrogens with zero attached hydrogens (tertiary/aromatic N) is 2. The van der Waals surface area contributed by atoms with E-state index in [1.165, 1.54) is 0 Å². The van der Waals surface area contributed by atoms with E-state index in [9.17, 15) is 4.79 Å². The summed E-state index contributed by atoms with van der Waals surface area (Å²) in [4.78, 5) is 11.9. The standard InChI is InChI=1S/C17H22N4O2/c1-23-13-5-12-18-15-9-10-16(21-20-15)19-17(22)11-8-14-6-3-2-4-7-14/h2-4,6-7,9-10H,5,8,11-13H2,1H3,(H,18,20)(H,19,21,22). The van der Waals surface area contributed by atoms with Crippen molar-refractivity contribution in [2.75, 3.05) is 30.9 Å². The molecule has 0 aliphatic rings. The number of hydrogen-bond donors (Lipinski definition) is 2. The van der Waals surface area contributed by atoms with Crippen LogP contribution in [0.15, 0.2) is 42.5 Å². The summed E-state index contributed by atoms with van der Waals surface area (Å²) in [5, 5.41) is 13.9. The Balaban J connectivity index is 1.73. The number of rotatable bonds is 9. The average molecular weight is 314 g/mol. The summed E-state index contributed by atoms with van der Waals surface area (Å²) >= 11 is 0. The third-order valence-corrected chi connectivity index (χ3v) is 3.25. The molecular weight excluding hydrogens is 292 g/mol. The zero-order valence-corrected chi connectivity index (χ0v) is 13.3. The summed E-state index contributed by atoms with van der Waals surface area (Å²) in [7, 11) is 1.68. The van der Waals surface area contributed by atoms with E-state index in [0.29, 0.717) is 31.1 Å². The molecule has 0 bridgehead atoms. The maximum absolute atomic E-state index is 11.9. The Bertz CT molecular complexity index is 587. The van der Waals surface area contributed by atoms with E-state index in [1.807, 2.05) is 30.3 Å². The average Bonchev–Trinajstić information content (AvgIpc) is 2.59. The summed E-state index contributed by atoms with van der Waals surface area (Å²) in [5.74, 6) is 1.08. The highest BCUT2D eigenvalue weighted by molar-refractivity contribution is 5.89. The Morgan fingerprint density at radius 3 is 2.52 bits per heavy atom. The SMILES string of the molecule is COCCCNc1ccc(NC(=O)CCc2ccccc2)nn1. The van der Waals surface area contributed by atoms with Gasteiger partial charge in [0.05, 0.1) is 0 Å². The summed E-state index contributed by atoms with van der Waals surface area (Å²) in [6.07, 6.45) is 2.03. The topological polar surface area (TPSA) is 76.1 Å². The van der Waals surface area contributed by atoms with Crippen LogP contribution in [0.3, 0.4) is 0 Å². The summed E-state index contributed by atoms with van der Waals surface area (Å²) in [6.45, 7) is 1.47. The minimum Gasteiger partial charge on any atom is -0.385 e. The molecule has 1 heterocycles. The van der Waals surface area contributed by atoms with Gasteiger partial charge in [-0.15, -0.1) is 10.2 Å². The van der Waals surface area contributed by atoms with Gasteiger partial charge >= 0.3 is 0 Å². The van der Waals surface area contributed by atoms with Gasteiger partial charge in [0.2, 0.25) is 5.91 Å². The largest absolute Gasteiger partial charge is 0.385 e. The Labute approximate surface area is 136 Å². The Morgan fingerprint density at radius 2 is 1.83 bits per heavy atom. The van der Waals surface area contributed by atoms with Crippen molar-refractivity contribution < 1.29 is 9.53 Å². The third kappa shape index (κ3) is 6.44. The van der Waals surface area contributed by atoms with Crippen molar-refractivity contribution in [3.63, 3.8) is 0 Å². The van der Waals surface area contributed by atoms with Crippen LogP contribution in [0.2, 0.25) is 0 Å². The second-order valence-corrected chi connectivity index (χ2v) is 5.11. The van der Waals surface area contributed by atoms with Crippen molar-refractivity contribution in [1.82, 2.24) is 10.2 Å². The molecule has 0 atom stereocenters. The maximum Gasteiger partial charge on any atom is 0.225 e. The molecule has 2 N–H and O–H groups in total. The van der Waals surface area contributed by atoms with Gasteiger partial charge < -0.3 is 15.4 Å². The zero-order valence-electron chi connectivity index (χ0n) is 13.3. The number of amides is 1. The fourth-order valence-corrected chi connectivity index (χ4v) is 2.03. The molecule has 2 aromatic rings. The number of methoxy groups -OCH3 is 1. The molecule has 2 rings (SSSR count). The van der Waals surface area contributed by atoms with E-state index in [2.05, 4.69) is 20.8 Å². The second kappa shape index (κ2) is 9.53. The predicted molar refractivity (Wildman–Crippen MR) is 90.4 cm³/mol. The van der Waals surface area contributed by atoms with Gasteiger partial charge in [0.15, 0.2) is 5.82 Å². The van der Waals surface area contributed by atoms with Crippen LogP contribution in [-0.2, 0) is 16.0 Å². The molecule has 0 aliphatic heterocycles. The number of anilines is 2. The van der Waals surface area contributed by atoms with Crippen molar-refractivity contribution in [3.8, 4) is 0 Å². The zero-order chi connectivity index (χ0) is 16.3. The molecule has 0 saturated heterocycles. The smallest absolute Gasteiger partial charge is 0.225 e. The number of aryl methyl sites for hydroxylation is 1. The van der Waals surface area contributed by atoms with Crippen LogP contribution in [0, 0.1) is 0 Å². The van der Waals surface area contributed by atoms with Gasteiger partial charge in [-0.05, 0) is 30.5 Å². The van der Waals surface area contributed by atoms with Crippen molar-refractivity contribution >= 4 is 17.5 Å². The first-order valence-corrected chi connectivity index (χ1v) is 7.68. The van der Waals surface area contributed by atoms with E-state index in [-0.39, 0.29) is 5.91 Å². The van der Waals surface area contributed by atoms with Crippen LogP contribution in [-0.4, -0.2) is 36.4 Å². The van der Waals surface area contributed by atoms with E-state index in [0.717, 1.165) is 18.5 Å². The number of ether oxygens (including phenoxy) is 1. The number of hydrogen-bond acceptors (Lipinski definition) is 5. The number of aromatic nitrogens is 2. The molecule has 122 valence electrons. The van der Waals surface area contributed by atoms with Crippen molar-refractivity contribution in [3.05, 3.63) is 48.0 Å². The Hall–Kier alpha value is -2.47. The van der Waals surface area contributed by atoms with E-state index < -0.39 is 0 Å². The van der Waals surface area contributed by atoms with E-state index in [1.54, 1.807) is 19.2 Å². The molecule has 1 aromatic heterocycles. The lowest BCUT2D eigenvalue weighted by molar-refractivity contribution is -0.116. The van der Waals surface area contributed by atoms with E-state index >= 15 is 0 Å². The molecule has 1 aromatic carbocycles. The molecule has 23 heavy (non-hydrogen) atoms. The predicted octanol–water partition coefficient (Wildman–Crippen LogP) is 2.50. The fraction of sp³-hybridized carbons (Fsp3) is 0.353. The van der Waals surface area contributed by atoms with Gasteiger partial charge in [0.1, 0.15) is 5.82 Å². The molecule has 0 unspecified atom stereocenters. The van der Waals surface area contributed by atoms with Crippen LogP contribution in [0.25, 0.3) is 0 Å². The lowest BCUT2D eigenvalue weighted by Crippen LogP contribution is -2.14. The summed E-state index contributed by atoms with van der Waals surface area (Å²) < 4.78 is 4.97. The molecule has 0 aliphatic carbocycles. The van der Waals surface area contributed by atoms with Crippen LogP contribution in [0.5, 0.6) is 0 Å². The number of benzene rings is 1. The van der Waals surface area contributed by atoms with Crippen molar-refractivity contribution in [2.45, 2.75) is 19.3 Å². The minimum absolute atomic E-state index is 0.0658. The molecule has 6 nitrogen and oxygen atoms in total. The van der Waals surface area contributed by atoms with Crippen LogP contribution < -0.4 is 10.6 Å². The first-order valence-electron chi connectivity index (χ1n) is 7.68. The number of nitrogens with one attached hydrogen (secondary N) is 2. The Kier molecular flexibility index (Phi) is 7.00. The number of carbonyl (C=O) groups excluding carboxylic acids is 1. The summed E-state index contributed by atoms with van der Waals surface area (Å²) in [6, 6.07) is 13.5. The molecule has 0 fully saturated rings. The third-order valence-electron chi connectivity index (χ3n) is 3.25. The van der Waals surface area contributed by atoms with Gasteiger partial charge in [-0.1, -0.05) is 30.3 Å². The minimum atomic E-state index is -0.0658. The van der Waals surface area contributed by atoms with Gasteiger partial charge in [0.25, 0.3) is 0 Å². The first kappa shape index (κ1) is 16.9. The van der Waals surface area contributed by atoms with Crippen molar-refractivity contribution in [2.24, 2.45) is 0 Å². The summed E-state index contributed by atoms with van der Waals surface area (Å²) in [5.41, 5.74) is 1.14. The van der Waals surface area contributed by atoms with Gasteiger partial charge in [0, 0.05) is 26.7 Å². The quantitative estimate of drug-likeness (QED) is 0.696. The monoisotopic (exact) mass is 314 g/mol. The van der Waals surface area contributed by atoms with Crippen molar-refractivity contribution in [1.29, 1.82) is 0 Å². The molecule has 6 heteroatoms. The molecule has 1 amide bonds. The highest BCUT2D eigenvalue weighted by Crippen LogP contribution is 2.08. The number of carbonyl (C=O) groups is 1. The van der Waals surface area contributed by atoms with Crippen LogP contribution in [0.1, 0.15) is 18.4 Å². The van der Waals surface area contributed by atoms with E-state index in [4.69, 9.17) is 4.74 Å². The molecule has 0 radical (unpaired) electrons. The van der Waals surface area contributed by atoms with Gasteiger partial charge in [-0.3, -0.25) is 4.79 Å². The normalized spacial score (nSPS) is 10.3. The van der Waals surface area contributed by atoms with Crippen LogP contribution >= 0.6 is 0 Å². The molecular formula is C17H22N4O2. The molecule has 0 spiro atoms. The highest BCUT2D eigenvalue weighted by Gasteiger charge is 2.05. The lowest BCUT2D eigenvalue weighted by Gasteiger charge is -2.06. The maximum atomic E-state index is 11.9. The fourth-order valence-electron chi connectivity index (χ4n) is 2.03. The second-order valence-electron chi connectivity index (χ2n) is 5.11. The van der Waals surface area contributed by atoms with Gasteiger partial charge in [-0.25, -0.2) is 0 Å². The molecule has 0 saturated carbocycles. The Morgan fingerprint density at radius 1 is 1.09 bits per heavy atom. The first-order chi connectivity index (χ1) is 11.3. The van der Waals surface area contributed by atoms with Gasteiger partial charge in [-0.2, -0.15) is 0 Å².